The largest absolute Gasteiger partial charge is 0.461 e. The second-order valence-electron chi connectivity index (χ2n) is 11.0. The summed E-state index contributed by atoms with van der Waals surface area (Å²) < 4.78 is 11.0. The fraction of sp³-hybridized carbons (Fsp3) is 0.643. The number of ether oxygens (including phenoxy) is 2. The van der Waals surface area contributed by atoms with E-state index in [2.05, 4.69) is 29.8 Å². The molecule has 0 heterocycles. The van der Waals surface area contributed by atoms with Crippen molar-refractivity contribution in [1.29, 1.82) is 0 Å². The first kappa shape index (κ1) is 32.1. The summed E-state index contributed by atoms with van der Waals surface area (Å²) in [6.45, 7) is 15.6. The molecule has 9 heteroatoms. The van der Waals surface area contributed by atoms with Crippen LogP contribution in [-0.2, 0) is 35.3 Å². The van der Waals surface area contributed by atoms with Crippen molar-refractivity contribution in [2.24, 2.45) is 17.8 Å². The lowest BCUT2D eigenvalue weighted by Crippen LogP contribution is -2.52. The quantitative estimate of drug-likeness (QED) is 0.303. The molecule has 0 aliphatic carbocycles. The molecule has 0 spiro atoms. The molecule has 0 aliphatic rings. The first-order valence-corrected chi connectivity index (χ1v) is 13.0. The number of amides is 3. The van der Waals surface area contributed by atoms with Gasteiger partial charge < -0.3 is 25.4 Å². The highest BCUT2D eigenvalue weighted by Crippen LogP contribution is 2.17. The average molecular weight is 520 g/mol. The zero-order valence-electron chi connectivity index (χ0n) is 23.6. The maximum Gasteiger partial charge on any atom is 0.308 e. The van der Waals surface area contributed by atoms with Gasteiger partial charge in [0.05, 0.1) is 24.5 Å². The molecule has 1 aromatic carbocycles. The normalized spacial score (nSPS) is 12.4. The highest BCUT2D eigenvalue weighted by Gasteiger charge is 2.28. The topological polar surface area (TPSA) is 123 Å². The molecular formula is C28H45N3O6. The zero-order valence-corrected chi connectivity index (χ0v) is 23.6. The van der Waals surface area contributed by atoms with Crippen LogP contribution >= 0.6 is 0 Å². The van der Waals surface area contributed by atoms with Crippen LogP contribution in [0.3, 0.4) is 0 Å². The first-order valence-electron chi connectivity index (χ1n) is 13.0. The summed E-state index contributed by atoms with van der Waals surface area (Å²) in [6.07, 6.45) is 1.02. The van der Waals surface area contributed by atoms with Crippen molar-refractivity contribution in [3.63, 3.8) is 0 Å². The number of carbonyl (C=O) groups is 4. The third-order valence-electron chi connectivity index (χ3n) is 5.55. The maximum atomic E-state index is 12.7. The van der Waals surface area contributed by atoms with Gasteiger partial charge in [-0.3, -0.25) is 19.2 Å². The van der Waals surface area contributed by atoms with Gasteiger partial charge in [-0.05, 0) is 49.8 Å². The molecule has 1 rings (SSSR count). The molecule has 9 nitrogen and oxygen atoms in total. The Kier molecular flexibility index (Phi) is 13.3. The van der Waals surface area contributed by atoms with Gasteiger partial charge in [0.1, 0.15) is 12.6 Å². The van der Waals surface area contributed by atoms with Gasteiger partial charge in [-0.2, -0.15) is 0 Å². The summed E-state index contributed by atoms with van der Waals surface area (Å²) in [5.41, 5.74) is 0.693. The van der Waals surface area contributed by atoms with Crippen molar-refractivity contribution >= 4 is 29.4 Å². The predicted molar refractivity (Wildman–Crippen MR) is 144 cm³/mol. The minimum absolute atomic E-state index is 0.120. The van der Waals surface area contributed by atoms with Crippen molar-refractivity contribution < 1.29 is 28.7 Å². The van der Waals surface area contributed by atoms with Crippen LogP contribution in [0.4, 0.5) is 5.69 Å². The molecule has 0 bridgehead atoms. The summed E-state index contributed by atoms with van der Waals surface area (Å²) >= 11 is 0. The Labute approximate surface area is 221 Å². The van der Waals surface area contributed by atoms with Gasteiger partial charge in [0.2, 0.25) is 17.7 Å². The van der Waals surface area contributed by atoms with Gasteiger partial charge in [-0.15, -0.1) is 0 Å². The highest BCUT2D eigenvalue weighted by molar-refractivity contribution is 5.96. The number of hydrogen-bond acceptors (Lipinski definition) is 6. The lowest BCUT2D eigenvalue weighted by atomic mass is 10.0. The number of carbonyl (C=O) groups excluding carboxylic acids is 4. The van der Waals surface area contributed by atoms with E-state index in [1.807, 2.05) is 27.7 Å². The lowest BCUT2D eigenvalue weighted by molar-refractivity contribution is -0.148. The number of esters is 1. The number of nitrogens with one attached hydrogen (secondary N) is 3. The van der Waals surface area contributed by atoms with E-state index in [0.29, 0.717) is 18.2 Å². The Morgan fingerprint density at radius 2 is 1.54 bits per heavy atom. The molecule has 37 heavy (non-hydrogen) atoms. The van der Waals surface area contributed by atoms with E-state index < -0.39 is 23.5 Å². The molecule has 3 amide bonds. The van der Waals surface area contributed by atoms with Crippen LogP contribution in [-0.4, -0.2) is 48.5 Å². The molecule has 1 unspecified atom stereocenters. The standard InChI is InChI=1S/C28H45N3O6/c1-18(2)13-14-37-28(7,8)15-23(32)31-25(19(3)4)26(34)29-16-24(33)30-22-11-9-21(10-12-22)17-36-27(35)20(5)6/h9-12,18-20,25H,13-17H2,1-8H3,(H,29,34)(H,30,33)(H,31,32). The van der Waals surface area contributed by atoms with Crippen LogP contribution in [0, 0.1) is 17.8 Å². The SMILES string of the molecule is CC(C)CCOC(C)(C)CC(=O)NC(C(=O)NCC(=O)Nc1ccc(COC(=O)C(C)C)cc1)C(C)C. The number of benzene rings is 1. The Hall–Kier alpha value is -2.94. The van der Waals surface area contributed by atoms with Crippen molar-refractivity contribution in [3.05, 3.63) is 29.8 Å². The van der Waals surface area contributed by atoms with Crippen molar-refractivity contribution in [1.82, 2.24) is 10.6 Å². The van der Waals surface area contributed by atoms with Crippen molar-refractivity contribution in [3.8, 4) is 0 Å². The van der Waals surface area contributed by atoms with Crippen LogP contribution in [0.25, 0.3) is 0 Å². The van der Waals surface area contributed by atoms with Crippen LogP contribution < -0.4 is 16.0 Å². The first-order chi connectivity index (χ1) is 17.2. The Bertz CT molecular complexity index is 894. The molecule has 0 aliphatic heterocycles. The van der Waals surface area contributed by atoms with E-state index in [1.165, 1.54) is 0 Å². The summed E-state index contributed by atoms with van der Waals surface area (Å²) in [5.74, 6) is -1.25. The second kappa shape index (κ2) is 15.3. The molecule has 208 valence electrons. The van der Waals surface area contributed by atoms with Crippen molar-refractivity contribution in [2.75, 3.05) is 18.5 Å². The van der Waals surface area contributed by atoms with E-state index in [9.17, 15) is 19.2 Å². The summed E-state index contributed by atoms with van der Waals surface area (Å²) in [7, 11) is 0. The second-order valence-corrected chi connectivity index (χ2v) is 11.0. The van der Waals surface area contributed by atoms with Crippen LogP contribution in [0.15, 0.2) is 24.3 Å². The van der Waals surface area contributed by atoms with E-state index in [4.69, 9.17) is 9.47 Å². The van der Waals surface area contributed by atoms with E-state index >= 15 is 0 Å². The number of hydrogen-bond donors (Lipinski definition) is 3. The van der Waals surface area contributed by atoms with Crippen molar-refractivity contribution in [2.45, 2.75) is 86.5 Å². The van der Waals surface area contributed by atoms with Crippen LogP contribution in [0.5, 0.6) is 0 Å². The minimum atomic E-state index is -0.778. The molecule has 0 saturated carbocycles. The predicted octanol–water partition coefficient (Wildman–Crippen LogP) is 3.81. The Morgan fingerprint density at radius 1 is 0.919 bits per heavy atom. The molecule has 3 N–H and O–H groups in total. The monoisotopic (exact) mass is 519 g/mol. The van der Waals surface area contributed by atoms with Gasteiger partial charge in [0, 0.05) is 12.3 Å². The smallest absolute Gasteiger partial charge is 0.308 e. The Morgan fingerprint density at radius 3 is 2.08 bits per heavy atom. The number of anilines is 1. The van der Waals surface area contributed by atoms with Gasteiger partial charge in [-0.1, -0.05) is 53.7 Å². The zero-order chi connectivity index (χ0) is 28.2. The van der Waals surface area contributed by atoms with Gasteiger partial charge in [0.25, 0.3) is 0 Å². The van der Waals surface area contributed by atoms with E-state index in [0.717, 1.165) is 12.0 Å². The molecule has 1 aromatic rings. The summed E-state index contributed by atoms with van der Waals surface area (Å²) in [4.78, 5) is 49.3. The molecule has 0 aromatic heterocycles. The summed E-state index contributed by atoms with van der Waals surface area (Å²) in [6, 6.07) is 6.11. The Balaban J connectivity index is 2.53. The highest BCUT2D eigenvalue weighted by atomic mass is 16.5. The third-order valence-corrected chi connectivity index (χ3v) is 5.55. The van der Waals surface area contributed by atoms with Gasteiger partial charge >= 0.3 is 5.97 Å². The molecule has 0 fully saturated rings. The summed E-state index contributed by atoms with van der Waals surface area (Å²) in [5, 5.41) is 8.09. The lowest BCUT2D eigenvalue weighted by Gasteiger charge is -2.27. The third kappa shape index (κ3) is 13.3. The molecule has 0 radical (unpaired) electrons. The number of rotatable bonds is 15. The molecule has 0 saturated heterocycles. The van der Waals surface area contributed by atoms with Crippen LogP contribution in [0.1, 0.15) is 73.8 Å². The fourth-order valence-corrected chi connectivity index (χ4v) is 3.26. The molecule has 1 atom stereocenters. The maximum absolute atomic E-state index is 12.7. The van der Waals surface area contributed by atoms with Gasteiger partial charge in [-0.25, -0.2) is 0 Å². The van der Waals surface area contributed by atoms with E-state index in [-0.39, 0.29) is 43.3 Å². The molecular weight excluding hydrogens is 474 g/mol. The fourth-order valence-electron chi connectivity index (χ4n) is 3.26. The van der Waals surface area contributed by atoms with Gasteiger partial charge in [0.15, 0.2) is 0 Å². The van der Waals surface area contributed by atoms with Crippen LogP contribution in [0.2, 0.25) is 0 Å². The average Bonchev–Trinajstić information content (AvgIpc) is 2.79. The minimum Gasteiger partial charge on any atom is -0.461 e. The van der Waals surface area contributed by atoms with E-state index in [1.54, 1.807) is 38.1 Å².